The molecule has 0 heterocycles. The molecule has 2 heteroatoms. The third kappa shape index (κ3) is 9.06. The first-order chi connectivity index (χ1) is 25.2. The number of anilines is 6. The van der Waals surface area contributed by atoms with Crippen LogP contribution in [-0.4, -0.2) is 0 Å². The number of hydrogen-bond donors (Lipinski definition) is 0. The summed E-state index contributed by atoms with van der Waals surface area (Å²) in [5.74, 6) is 0. The Hall–Kier alpha value is -4.30. The molecule has 5 aromatic rings. The van der Waals surface area contributed by atoms with E-state index < -0.39 is 0 Å². The average molecular weight is 735 g/mol. The van der Waals surface area contributed by atoms with Gasteiger partial charge in [0.2, 0.25) is 0 Å². The first kappa shape index (κ1) is 41.9. The van der Waals surface area contributed by atoms with E-state index in [1.165, 1.54) is 67.3 Å². The lowest BCUT2D eigenvalue weighted by molar-refractivity contribution is 0.589. The highest BCUT2D eigenvalue weighted by atomic mass is 15.2. The van der Waals surface area contributed by atoms with Crippen LogP contribution < -0.4 is 9.80 Å². The van der Waals surface area contributed by atoms with Crippen LogP contribution in [-0.2, 0) is 27.1 Å². The summed E-state index contributed by atoms with van der Waals surface area (Å²) in [6.07, 6.45) is 0. The van der Waals surface area contributed by atoms with Crippen LogP contribution in [0.3, 0.4) is 0 Å². The Kier molecular flexibility index (Phi) is 11.1. The van der Waals surface area contributed by atoms with Crippen molar-refractivity contribution in [2.24, 2.45) is 0 Å². The van der Waals surface area contributed by atoms with Gasteiger partial charge in [0.15, 0.2) is 0 Å². The van der Waals surface area contributed by atoms with E-state index in [9.17, 15) is 0 Å². The van der Waals surface area contributed by atoms with E-state index in [1.54, 1.807) is 0 Å². The van der Waals surface area contributed by atoms with Gasteiger partial charge in [-0.05, 0) is 141 Å². The Morgan fingerprint density at radius 3 is 0.818 bits per heavy atom. The molecule has 0 fully saturated rings. The summed E-state index contributed by atoms with van der Waals surface area (Å²) in [6.45, 7) is 41.4. The molecule has 292 valence electrons. The summed E-state index contributed by atoms with van der Waals surface area (Å²) in [5.41, 5.74) is 17.6. The highest BCUT2D eigenvalue weighted by Crippen LogP contribution is 2.48. The number of nitrogens with zero attached hydrogens (tertiary/aromatic N) is 2. The van der Waals surface area contributed by atoms with Crippen LogP contribution in [0.2, 0.25) is 0 Å². The normalized spacial score (nSPS) is 12.9. The Balaban J connectivity index is 1.88. The SMILES string of the molecule is Cc1cc(C(C)(C)C)ccc1N(c1ccc(C(C)(C)C)cc1)c1cc(C(C)(C)C)cc(N(c2ccc(C(C)(C)C)cc2)c2ccc(C(C)(C)C)cc2C)c1C. The second-order valence-electron chi connectivity index (χ2n) is 21.2. The molecule has 55 heavy (non-hydrogen) atoms. The van der Waals surface area contributed by atoms with Gasteiger partial charge < -0.3 is 9.80 Å². The second-order valence-corrected chi connectivity index (χ2v) is 21.2. The maximum atomic E-state index is 2.51. The lowest BCUT2D eigenvalue weighted by atomic mass is 9.84. The van der Waals surface area contributed by atoms with E-state index >= 15 is 0 Å². The summed E-state index contributed by atoms with van der Waals surface area (Å²) in [5, 5.41) is 0. The molecule has 0 unspecified atom stereocenters. The van der Waals surface area contributed by atoms with Gasteiger partial charge in [-0.15, -0.1) is 0 Å². The third-order valence-electron chi connectivity index (χ3n) is 11.3. The first-order valence-corrected chi connectivity index (χ1v) is 20.4. The fourth-order valence-corrected chi connectivity index (χ4v) is 7.36. The van der Waals surface area contributed by atoms with Crippen LogP contribution in [0.5, 0.6) is 0 Å². The van der Waals surface area contributed by atoms with Crippen molar-refractivity contribution < 1.29 is 0 Å². The smallest absolute Gasteiger partial charge is 0.0514 e. The van der Waals surface area contributed by atoms with Gasteiger partial charge in [-0.2, -0.15) is 0 Å². The zero-order valence-corrected chi connectivity index (χ0v) is 37.6. The van der Waals surface area contributed by atoms with Crippen molar-refractivity contribution in [1.29, 1.82) is 0 Å². The molecule has 0 amide bonds. The first-order valence-electron chi connectivity index (χ1n) is 20.4. The molecular weight excluding hydrogens is 665 g/mol. The van der Waals surface area contributed by atoms with E-state index in [-0.39, 0.29) is 27.1 Å². The van der Waals surface area contributed by atoms with Gasteiger partial charge >= 0.3 is 0 Å². The molecule has 0 spiro atoms. The van der Waals surface area contributed by atoms with Gasteiger partial charge in [-0.25, -0.2) is 0 Å². The van der Waals surface area contributed by atoms with Crippen LogP contribution in [0.15, 0.2) is 97.1 Å². The van der Waals surface area contributed by atoms with Crippen LogP contribution in [0, 0.1) is 20.8 Å². The van der Waals surface area contributed by atoms with Crippen LogP contribution in [0.4, 0.5) is 34.1 Å². The Morgan fingerprint density at radius 1 is 0.291 bits per heavy atom. The quantitative estimate of drug-likeness (QED) is 0.171. The number of aryl methyl sites for hydroxylation is 2. The minimum absolute atomic E-state index is 0.0567. The van der Waals surface area contributed by atoms with Crippen molar-refractivity contribution in [2.75, 3.05) is 9.80 Å². The number of rotatable bonds is 6. The van der Waals surface area contributed by atoms with Gasteiger partial charge in [0.1, 0.15) is 0 Å². The largest absolute Gasteiger partial charge is 0.310 e. The molecule has 0 aromatic heterocycles. The fraction of sp³-hybridized carbons (Fsp3) is 0.434. The van der Waals surface area contributed by atoms with Crippen LogP contribution in [0.25, 0.3) is 0 Å². The minimum atomic E-state index is -0.100. The maximum absolute atomic E-state index is 2.51. The molecule has 5 rings (SSSR count). The Bertz CT molecular complexity index is 1980. The van der Waals surface area contributed by atoms with Crippen molar-refractivity contribution in [3.05, 3.63) is 142 Å². The molecule has 0 saturated carbocycles. The lowest BCUT2D eigenvalue weighted by Crippen LogP contribution is -2.21. The molecule has 0 saturated heterocycles. The van der Waals surface area contributed by atoms with E-state index in [0.717, 1.165) is 11.4 Å². The van der Waals surface area contributed by atoms with Crippen molar-refractivity contribution >= 4 is 34.1 Å². The fourth-order valence-electron chi connectivity index (χ4n) is 7.36. The van der Waals surface area contributed by atoms with Crippen molar-refractivity contribution in [3.63, 3.8) is 0 Å². The van der Waals surface area contributed by atoms with Crippen molar-refractivity contribution in [2.45, 2.75) is 152 Å². The molecule has 0 N–H and O–H groups in total. The molecule has 0 aliphatic rings. The van der Waals surface area contributed by atoms with E-state index in [0.29, 0.717) is 0 Å². The third-order valence-corrected chi connectivity index (χ3v) is 11.3. The Morgan fingerprint density at radius 2 is 0.564 bits per heavy atom. The van der Waals surface area contributed by atoms with Crippen molar-refractivity contribution in [1.82, 2.24) is 0 Å². The predicted molar refractivity (Wildman–Crippen MR) is 244 cm³/mol. The number of benzene rings is 5. The molecule has 0 bridgehead atoms. The predicted octanol–water partition coefficient (Wildman–Crippen LogP) is 16.0. The van der Waals surface area contributed by atoms with Gasteiger partial charge in [-0.3, -0.25) is 0 Å². The zero-order valence-electron chi connectivity index (χ0n) is 37.6. The molecule has 0 aliphatic carbocycles. The van der Waals surface area contributed by atoms with E-state index in [4.69, 9.17) is 0 Å². The molecule has 0 radical (unpaired) electrons. The molecule has 0 atom stereocenters. The topological polar surface area (TPSA) is 6.48 Å². The van der Waals surface area contributed by atoms with Crippen molar-refractivity contribution in [3.8, 4) is 0 Å². The zero-order chi connectivity index (χ0) is 41.1. The average Bonchev–Trinajstić information content (AvgIpc) is 3.06. The summed E-state index contributed by atoms with van der Waals surface area (Å²) in [4.78, 5) is 5.03. The van der Waals surface area contributed by atoms with E-state index in [2.05, 4.69) is 231 Å². The van der Waals surface area contributed by atoms with Crippen LogP contribution >= 0.6 is 0 Å². The standard InChI is InChI=1S/C53H70N2/c1-35-31-40(51(10,11)12)23-29-45(35)54(43-25-19-38(20-26-43)49(4,5)6)47-33-42(53(16,17)18)34-48(37(47)3)55(44-27-21-39(22-28-44)50(7,8)9)46-30-24-41(32-36(46)2)52(13,14)15/h19-34H,1-18H3. The summed E-state index contributed by atoms with van der Waals surface area (Å²) in [6, 6.07) is 37.5. The number of hydrogen-bond acceptors (Lipinski definition) is 2. The monoisotopic (exact) mass is 735 g/mol. The van der Waals surface area contributed by atoms with Crippen LogP contribution in [0.1, 0.15) is 148 Å². The second kappa shape index (κ2) is 14.6. The molecule has 0 aliphatic heterocycles. The summed E-state index contributed by atoms with van der Waals surface area (Å²) in [7, 11) is 0. The maximum Gasteiger partial charge on any atom is 0.0514 e. The Labute approximate surface area is 336 Å². The molecular formula is C53H70N2. The molecule has 2 nitrogen and oxygen atoms in total. The summed E-state index contributed by atoms with van der Waals surface area (Å²) < 4.78 is 0. The molecule has 5 aromatic carbocycles. The highest BCUT2D eigenvalue weighted by molar-refractivity contribution is 5.88. The van der Waals surface area contributed by atoms with Gasteiger partial charge in [0.25, 0.3) is 0 Å². The lowest BCUT2D eigenvalue weighted by Gasteiger charge is -2.36. The van der Waals surface area contributed by atoms with Gasteiger partial charge in [0, 0.05) is 22.7 Å². The van der Waals surface area contributed by atoms with Gasteiger partial charge in [-0.1, -0.05) is 152 Å². The summed E-state index contributed by atoms with van der Waals surface area (Å²) >= 11 is 0. The van der Waals surface area contributed by atoms with Gasteiger partial charge in [0.05, 0.1) is 11.4 Å². The minimum Gasteiger partial charge on any atom is -0.310 e. The highest BCUT2D eigenvalue weighted by Gasteiger charge is 2.28. The van der Waals surface area contributed by atoms with E-state index in [1.807, 2.05) is 0 Å².